The molecule has 0 saturated heterocycles. The molecule has 1 aliphatic rings. The van der Waals surface area contributed by atoms with Crippen LogP contribution in [0.2, 0.25) is 0 Å². The Morgan fingerprint density at radius 1 is 0.400 bits per heavy atom. The molecule has 7 aromatic rings. The second-order valence-electron chi connectivity index (χ2n) is 11.3. The molecule has 1 atom stereocenters. The minimum atomic E-state index is -2.64. The van der Waals surface area contributed by atoms with E-state index in [1.165, 1.54) is 0 Å². The Morgan fingerprint density at radius 2 is 0.844 bits per heavy atom. The van der Waals surface area contributed by atoms with Crippen LogP contribution in [0.3, 0.4) is 0 Å². The summed E-state index contributed by atoms with van der Waals surface area (Å²) in [5.41, 5.74) is 9.37. The molecule has 6 aromatic carbocycles. The first-order chi connectivity index (χ1) is 22.1. The average Bonchev–Trinajstić information content (AvgIpc) is 3.35. The Hall–Kier alpha value is -5.44. The molecule has 1 unspecified atom stereocenters. The summed E-state index contributed by atoms with van der Waals surface area (Å²) in [7, 11) is -2.64. The number of hydrogen-bond donors (Lipinski definition) is 0. The third kappa shape index (κ3) is 4.81. The lowest BCUT2D eigenvalue weighted by molar-refractivity contribution is 0.591. The Labute approximate surface area is 262 Å². The van der Waals surface area contributed by atoms with Crippen LogP contribution in [0.4, 0.5) is 0 Å². The molecule has 0 amide bonds. The van der Waals surface area contributed by atoms with E-state index in [1.807, 2.05) is 97.7 Å². The monoisotopic (exact) mass is 597 g/mol. The van der Waals surface area contributed by atoms with Crippen molar-refractivity contribution < 1.29 is 4.57 Å². The summed E-state index contributed by atoms with van der Waals surface area (Å²) in [4.78, 5) is 14.6. The fourth-order valence-electron chi connectivity index (χ4n) is 6.22. The highest BCUT2D eigenvalue weighted by Gasteiger charge is 2.35. The molecule has 1 aromatic heterocycles. The molecule has 0 radical (unpaired) electrons. The predicted octanol–water partition coefficient (Wildman–Crippen LogP) is 9.13. The van der Waals surface area contributed by atoms with Gasteiger partial charge in [0.15, 0.2) is 17.5 Å². The molecule has 0 saturated carbocycles. The first kappa shape index (κ1) is 27.1. The maximum atomic E-state index is 13.9. The van der Waals surface area contributed by atoms with E-state index in [9.17, 15) is 4.57 Å². The normalized spacial score (nSPS) is 15.0. The molecule has 4 nitrogen and oxygen atoms in total. The lowest BCUT2D eigenvalue weighted by atomic mass is 9.92. The van der Waals surface area contributed by atoms with E-state index in [2.05, 4.69) is 60.7 Å². The van der Waals surface area contributed by atoms with Crippen molar-refractivity contribution in [2.45, 2.75) is 0 Å². The molecule has 0 fully saturated rings. The van der Waals surface area contributed by atoms with Gasteiger partial charge >= 0.3 is 0 Å². The lowest BCUT2D eigenvalue weighted by Crippen LogP contribution is -2.07. The zero-order valence-corrected chi connectivity index (χ0v) is 25.5. The first-order valence-electron chi connectivity index (χ1n) is 15.0. The van der Waals surface area contributed by atoms with Crippen molar-refractivity contribution in [1.82, 2.24) is 15.0 Å². The highest BCUT2D eigenvalue weighted by atomic mass is 31.2. The molecule has 0 spiro atoms. The molecule has 45 heavy (non-hydrogen) atoms. The van der Waals surface area contributed by atoms with Crippen LogP contribution in [0, 0.1) is 0 Å². The van der Waals surface area contributed by atoms with Crippen LogP contribution in [-0.2, 0) is 4.57 Å². The SMILES string of the molecule is CP1(=O)c2ccccc2-c2c(-c3cccc(-c4ccc(-c5nc(-c6ccccc6)nc(-c6ccccc6)n5)cc4)c3)cccc21. The van der Waals surface area contributed by atoms with Gasteiger partial charge in [0, 0.05) is 32.9 Å². The number of benzene rings is 6. The molecule has 214 valence electrons. The van der Waals surface area contributed by atoms with Crippen LogP contribution in [0.15, 0.2) is 152 Å². The van der Waals surface area contributed by atoms with E-state index in [1.54, 1.807) is 0 Å². The topological polar surface area (TPSA) is 55.7 Å². The maximum Gasteiger partial charge on any atom is 0.164 e. The molecule has 0 aliphatic carbocycles. The molecule has 2 heterocycles. The summed E-state index contributed by atoms with van der Waals surface area (Å²) in [5, 5.41) is 1.89. The van der Waals surface area contributed by atoms with Crippen LogP contribution in [0.25, 0.3) is 67.5 Å². The fourth-order valence-corrected chi connectivity index (χ4v) is 8.54. The summed E-state index contributed by atoms with van der Waals surface area (Å²) in [6.07, 6.45) is 0. The van der Waals surface area contributed by atoms with E-state index < -0.39 is 7.14 Å². The minimum Gasteiger partial charge on any atom is -0.314 e. The number of rotatable bonds is 5. The van der Waals surface area contributed by atoms with Crippen LogP contribution in [0.1, 0.15) is 0 Å². The average molecular weight is 598 g/mol. The van der Waals surface area contributed by atoms with E-state index >= 15 is 0 Å². The van der Waals surface area contributed by atoms with Gasteiger partial charge in [0.1, 0.15) is 7.14 Å². The lowest BCUT2D eigenvalue weighted by Gasteiger charge is -2.12. The van der Waals surface area contributed by atoms with Crippen molar-refractivity contribution in [1.29, 1.82) is 0 Å². The zero-order chi connectivity index (χ0) is 30.4. The second-order valence-corrected chi connectivity index (χ2v) is 14.1. The van der Waals surface area contributed by atoms with Gasteiger partial charge in [0.2, 0.25) is 0 Å². The smallest absolute Gasteiger partial charge is 0.164 e. The summed E-state index contributed by atoms with van der Waals surface area (Å²) in [6.45, 7) is 1.89. The first-order valence-corrected chi connectivity index (χ1v) is 17.1. The molecule has 0 bridgehead atoms. The van der Waals surface area contributed by atoms with Crippen LogP contribution in [-0.4, -0.2) is 21.6 Å². The van der Waals surface area contributed by atoms with Crippen molar-refractivity contribution in [3.63, 3.8) is 0 Å². The predicted molar refractivity (Wildman–Crippen MR) is 185 cm³/mol. The van der Waals surface area contributed by atoms with Crippen molar-refractivity contribution in [2.24, 2.45) is 0 Å². The second kappa shape index (κ2) is 10.9. The van der Waals surface area contributed by atoms with Crippen LogP contribution in [0.5, 0.6) is 0 Å². The summed E-state index contributed by atoms with van der Waals surface area (Å²) < 4.78 is 13.9. The Balaban J connectivity index is 1.17. The maximum absolute atomic E-state index is 13.9. The largest absolute Gasteiger partial charge is 0.314 e. The number of hydrogen-bond acceptors (Lipinski definition) is 4. The van der Waals surface area contributed by atoms with Crippen molar-refractivity contribution in [2.75, 3.05) is 6.66 Å². The van der Waals surface area contributed by atoms with Gasteiger partial charge < -0.3 is 4.57 Å². The van der Waals surface area contributed by atoms with E-state index in [0.717, 1.165) is 60.7 Å². The van der Waals surface area contributed by atoms with Gasteiger partial charge in [-0.3, -0.25) is 0 Å². The van der Waals surface area contributed by atoms with Crippen molar-refractivity contribution in [3.8, 4) is 67.5 Å². The fraction of sp³-hybridized carbons (Fsp3) is 0.0250. The highest BCUT2D eigenvalue weighted by molar-refractivity contribution is 7.79. The Kier molecular flexibility index (Phi) is 6.59. The third-order valence-corrected chi connectivity index (χ3v) is 11.1. The van der Waals surface area contributed by atoms with Crippen molar-refractivity contribution >= 4 is 17.8 Å². The van der Waals surface area contributed by atoms with E-state index in [-0.39, 0.29) is 0 Å². The zero-order valence-electron chi connectivity index (χ0n) is 24.6. The van der Waals surface area contributed by atoms with Gasteiger partial charge in [-0.25, -0.2) is 15.0 Å². The molecular weight excluding hydrogens is 569 g/mol. The van der Waals surface area contributed by atoms with Gasteiger partial charge in [-0.1, -0.05) is 146 Å². The van der Waals surface area contributed by atoms with E-state index in [0.29, 0.717) is 17.5 Å². The third-order valence-electron chi connectivity index (χ3n) is 8.48. The molecule has 0 N–H and O–H groups in total. The van der Waals surface area contributed by atoms with Crippen LogP contribution < -0.4 is 10.6 Å². The van der Waals surface area contributed by atoms with Gasteiger partial charge in [0.05, 0.1) is 0 Å². The van der Waals surface area contributed by atoms with Crippen molar-refractivity contribution in [3.05, 3.63) is 152 Å². The number of fused-ring (bicyclic) bond motifs is 3. The Morgan fingerprint density at radius 3 is 1.49 bits per heavy atom. The standard InChI is InChI=1S/C40H28N3OP/c1-45(44)35-20-9-8-18-34(35)37-33(19-11-21-36(37)45)32-17-10-16-31(26-32)27-22-24-30(25-23-27)40-42-38(28-12-4-2-5-13-28)41-39(43-40)29-14-6-3-7-15-29/h2-26H,1H3. The van der Waals surface area contributed by atoms with Gasteiger partial charge in [-0.2, -0.15) is 0 Å². The highest BCUT2D eigenvalue weighted by Crippen LogP contribution is 2.52. The summed E-state index contributed by atoms with van der Waals surface area (Å²) in [5.74, 6) is 1.92. The molecule has 1 aliphatic heterocycles. The Bertz CT molecular complexity index is 2190. The minimum absolute atomic E-state index is 0.630. The van der Waals surface area contributed by atoms with Crippen LogP contribution >= 0.6 is 7.14 Å². The van der Waals surface area contributed by atoms with Gasteiger partial charge in [0.25, 0.3) is 0 Å². The van der Waals surface area contributed by atoms with E-state index in [4.69, 9.17) is 15.0 Å². The summed E-state index contributed by atoms with van der Waals surface area (Å²) in [6, 6.07) is 51.3. The molecule has 8 rings (SSSR count). The van der Waals surface area contributed by atoms with Gasteiger partial charge in [-0.15, -0.1) is 0 Å². The quantitative estimate of drug-likeness (QED) is 0.186. The summed E-state index contributed by atoms with van der Waals surface area (Å²) >= 11 is 0. The molecular formula is C40H28N3OP. The van der Waals surface area contributed by atoms with Gasteiger partial charge in [-0.05, 0) is 40.5 Å². The number of nitrogens with zero attached hydrogens (tertiary/aromatic N) is 3. The molecule has 5 heteroatoms. The number of aromatic nitrogens is 3.